The summed E-state index contributed by atoms with van der Waals surface area (Å²) in [6.45, 7) is 0. The maximum atomic E-state index is 13.9. The summed E-state index contributed by atoms with van der Waals surface area (Å²) in [7, 11) is 1.48. The number of Topliss-reactive ketones (excluding diaryl/α,β-unsaturated/α-hetero) is 1. The lowest BCUT2D eigenvalue weighted by Crippen LogP contribution is -2.29. The topological polar surface area (TPSA) is 80.0 Å². The van der Waals surface area contributed by atoms with Gasteiger partial charge in [-0.15, -0.1) is 0 Å². The summed E-state index contributed by atoms with van der Waals surface area (Å²) < 4.78 is 38.4. The van der Waals surface area contributed by atoms with Crippen LogP contribution in [0.3, 0.4) is 0 Å². The Balaban J connectivity index is 1.91. The van der Waals surface area contributed by atoms with E-state index in [1.54, 1.807) is 12.1 Å². The van der Waals surface area contributed by atoms with Crippen molar-refractivity contribution < 1.29 is 32.6 Å². The largest absolute Gasteiger partial charge is 0.507 e. The molecule has 1 fully saturated rings. The SMILES string of the molecule is COc1ccc(/C(O)=C2/C(=O)C(=O)N(c3ccc(F)c(F)c3)C2c2ccco2)cc1Br. The number of aliphatic hydroxyl groups excluding tert-OH is 1. The molecule has 0 saturated carbocycles. The summed E-state index contributed by atoms with van der Waals surface area (Å²) in [6, 6.07) is 9.33. The number of halogens is 3. The van der Waals surface area contributed by atoms with Crippen LogP contribution >= 0.6 is 15.9 Å². The summed E-state index contributed by atoms with van der Waals surface area (Å²) in [4.78, 5) is 26.7. The lowest BCUT2D eigenvalue weighted by molar-refractivity contribution is -0.132. The number of aliphatic hydroxyl groups is 1. The summed E-state index contributed by atoms with van der Waals surface area (Å²) in [6.07, 6.45) is 1.34. The molecule has 0 spiro atoms. The van der Waals surface area contributed by atoms with Crippen LogP contribution in [0.4, 0.5) is 14.5 Å². The van der Waals surface area contributed by atoms with Gasteiger partial charge in [0.1, 0.15) is 23.3 Å². The van der Waals surface area contributed by atoms with Crippen LogP contribution in [0, 0.1) is 11.6 Å². The van der Waals surface area contributed by atoms with Gasteiger partial charge in [0.15, 0.2) is 11.6 Å². The van der Waals surface area contributed by atoms with Crippen LogP contribution in [0.5, 0.6) is 5.75 Å². The molecule has 9 heteroatoms. The second-order valence-electron chi connectivity index (χ2n) is 6.63. The quantitative estimate of drug-likeness (QED) is 0.318. The first-order valence-corrected chi connectivity index (χ1v) is 9.76. The van der Waals surface area contributed by atoms with Gasteiger partial charge in [0.05, 0.1) is 23.4 Å². The smallest absolute Gasteiger partial charge is 0.300 e. The number of carbonyl (C=O) groups excluding carboxylic acids is 2. The fourth-order valence-electron chi connectivity index (χ4n) is 3.42. The number of amides is 1. The van der Waals surface area contributed by atoms with Crippen LogP contribution < -0.4 is 9.64 Å². The molecule has 2 aromatic carbocycles. The van der Waals surface area contributed by atoms with Crippen LogP contribution in [0.1, 0.15) is 17.4 Å². The Hall–Kier alpha value is -3.46. The number of anilines is 1. The van der Waals surface area contributed by atoms with Crippen molar-refractivity contribution in [1.82, 2.24) is 0 Å². The highest BCUT2D eigenvalue weighted by molar-refractivity contribution is 9.10. The van der Waals surface area contributed by atoms with Gasteiger partial charge in [-0.05, 0) is 58.4 Å². The zero-order chi connectivity index (χ0) is 22.3. The second-order valence-corrected chi connectivity index (χ2v) is 7.49. The molecule has 1 aliphatic rings. The zero-order valence-corrected chi connectivity index (χ0v) is 17.5. The standard InChI is InChI=1S/C22H14BrF2NO5/c1-30-16-7-4-11(9-13(16)23)20(27)18-19(17-3-2-8-31-17)26(22(29)21(18)28)12-5-6-14(24)15(25)10-12/h2-10,19,27H,1H3/b20-18-. The number of furan rings is 1. The third-order valence-corrected chi connectivity index (χ3v) is 5.48. The highest BCUT2D eigenvalue weighted by Crippen LogP contribution is 2.43. The minimum absolute atomic E-state index is 0.0580. The van der Waals surface area contributed by atoms with Crippen LogP contribution in [-0.4, -0.2) is 23.9 Å². The number of carbonyl (C=O) groups is 2. The third kappa shape index (κ3) is 3.50. The number of nitrogens with zero attached hydrogens (tertiary/aromatic N) is 1. The van der Waals surface area contributed by atoms with Crippen molar-refractivity contribution in [2.75, 3.05) is 12.0 Å². The predicted molar refractivity (Wildman–Crippen MR) is 111 cm³/mol. The van der Waals surface area contributed by atoms with Crippen LogP contribution in [0.2, 0.25) is 0 Å². The molecule has 1 unspecified atom stereocenters. The minimum atomic E-state index is -1.18. The van der Waals surface area contributed by atoms with Crippen molar-refractivity contribution in [2.24, 2.45) is 0 Å². The highest BCUT2D eigenvalue weighted by Gasteiger charge is 2.48. The average molecular weight is 490 g/mol. The molecule has 4 rings (SSSR count). The van der Waals surface area contributed by atoms with Crippen LogP contribution in [0.15, 0.2) is 69.3 Å². The maximum Gasteiger partial charge on any atom is 0.300 e. The van der Waals surface area contributed by atoms with Crippen molar-refractivity contribution in [3.8, 4) is 5.75 Å². The van der Waals surface area contributed by atoms with E-state index in [1.807, 2.05) is 0 Å². The van der Waals surface area contributed by atoms with Gasteiger partial charge in [0, 0.05) is 17.3 Å². The van der Waals surface area contributed by atoms with Crippen molar-refractivity contribution in [2.45, 2.75) is 6.04 Å². The normalized spacial score (nSPS) is 17.9. The van der Waals surface area contributed by atoms with Gasteiger partial charge >= 0.3 is 0 Å². The molecule has 1 aromatic heterocycles. The van der Waals surface area contributed by atoms with Crippen molar-refractivity contribution in [3.05, 3.63) is 87.8 Å². The first kappa shape index (κ1) is 20.8. The molecule has 0 radical (unpaired) electrons. The summed E-state index contributed by atoms with van der Waals surface area (Å²) in [5.74, 6) is -4.07. The minimum Gasteiger partial charge on any atom is -0.507 e. The molecule has 1 N–H and O–H groups in total. The molecule has 6 nitrogen and oxygen atoms in total. The van der Waals surface area contributed by atoms with Crippen molar-refractivity contribution >= 4 is 39.1 Å². The van der Waals surface area contributed by atoms with Crippen LogP contribution in [0.25, 0.3) is 5.76 Å². The van der Waals surface area contributed by atoms with Gasteiger partial charge in [0.2, 0.25) is 0 Å². The van der Waals surface area contributed by atoms with Gasteiger partial charge in [-0.1, -0.05) is 0 Å². The van der Waals surface area contributed by atoms with Gasteiger partial charge in [0.25, 0.3) is 11.7 Å². The maximum absolute atomic E-state index is 13.9. The molecule has 0 aliphatic carbocycles. The number of methoxy groups -OCH3 is 1. The monoisotopic (exact) mass is 489 g/mol. The van der Waals surface area contributed by atoms with Gasteiger partial charge in [-0.2, -0.15) is 0 Å². The Morgan fingerprint density at radius 1 is 1.13 bits per heavy atom. The molecule has 1 saturated heterocycles. The Labute approximate surface area is 183 Å². The molecule has 3 aromatic rings. The van der Waals surface area contributed by atoms with E-state index in [-0.39, 0.29) is 22.6 Å². The van der Waals surface area contributed by atoms with Gasteiger partial charge in [-0.3, -0.25) is 14.5 Å². The van der Waals surface area contributed by atoms with E-state index < -0.39 is 35.1 Å². The van der Waals surface area contributed by atoms with E-state index in [0.29, 0.717) is 10.2 Å². The lowest BCUT2D eigenvalue weighted by atomic mass is 9.99. The van der Waals surface area contributed by atoms with Gasteiger partial charge < -0.3 is 14.3 Å². The second kappa shape index (κ2) is 7.99. The Kier molecular flexibility index (Phi) is 5.36. The number of ether oxygens (including phenoxy) is 1. The number of hydrogen-bond acceptors (Lipinski definition) is 5. The summed E-state index contributed by atoms with van der Waals surface area (Å²) in [5.41, 5.74) is -0.0633. The fraction of sp³-hybridized carbons (Fsp3) is 0.0909. The molecular weight excluding hydrogens is 476 g/mol. The fourth-order valence-corrected chi connectivity index (χ4v) is 3.96. The summed E-state index contributed by atoms with van der Waals surface area (Å²) >= 11 is 3.31. The van der Waals surface area contributed by atoms with E-state index >= 15 is 0 Å². The van der Waals surface area contributed by atoms with E-state index in [0.717, 1.165) is 17.0 Å². The molecule has 1 aliphatic heterocycles. The van der Waals surface area contributed by atoms with Crippen molar-refractivity contribution in [1.29, 1.82) is 0 Å². The predicted octanol–water partition coefficient (Wildman–Crippen LogP) is 4.96. The molecular formula is C22H14BrF2NO5. The molecule has 31 heavy (non-hydrogen) atoms. The Bertz CT molecular complexity index is 1220. The Morgan fingerprint density at radius 3 is 2.52 bits per heavy atom. The Morgan fingerprint density at radius 2 is 1.90 bits per heavy atom. The number of rotatable bonds is 4. The van der Waals surface area contributed by atoms with Crippen LogP contribution in [-0.2, 0) is 9.59 Å². The lowest BCUT2D eigenvalue weighted by Gasteiger charge is -2.23. The van der Waals surface area contributed by atoms with E-state index in [1.165, 1.54) is 37.6 Å². The molecule has 1 atom stereocenters. The molecule has 2 heterocycles. The van der Waals surface area contributed by atoms with Crippen molar-refractivity contribution in [3.63, 3.8) is 0 Å². The van der Waals surface area contributed by atoms with Gasteiger partial charge in [-0.25, -0.2) is 8.78 Å². The zero-order valence-electron chi connectivity index (χ0n) is 15.9. The molecule has 158 valence electrons. The van der Waals surface area contributed by atoms with E-state index in [9.17, 15) is 23.5 Å². The summed E-state index contributed by atoms with van der Waals surface area (Å²) in [5, 5.41) is 11.0. The first-order chi connectivity index (χ1) is 14.8. The third-order valence-electron chi connectivity index (χ3n) is 4.86. The number of ketones is 1. The number of hydrogen-bond donors (Lipinski definition) is 1. The highest BCUT2D eigenvalue weighted by atomic mass is 79.9. The number of benzene rings is 2. The average Bonchev–Trinajstić information content (AvgIpc) is 3.37. The van der Waals surface area contributed by atoms with E-state index in [2.05, 4.69) is 15.9 Å². The molecule has 1 amide bonds. The van der Waals surface area contributed by atoms with E-state index in [4.69, 9.17) is 9.15 Å². The molecule has 0 bridgehead atoms. The first-order valence-electron chi connectivity index (χ1n) is 8.97.